The van der Waals surface area contributed by atoms with Crippen LogP contribution in [0.15, 0.2) is 6.20 Å². The molecule has 0 aromatic carbocycles. The van der Waals surface area contributed by atoms with Crippen LogP contribution in [-0.2, 0) is 11.3 Å². The van der Waals surface area contributed by atoms with Gasteiger partial charge >= 0.3 is 0 Å². The van der Waals surface area contributed by atoms with Gasteiger partial charge in [0.15, 0.2) is 0 Å². The molecule has 0 radical (unpaired) electrons. The minimum atomic E-state index is 0.433. The van der Waals surface area contributed by atoms with Crippen molar-refractivity contribution >= 4 is 0 Å². The highest BCUT2D eigenvalue weighted by Crippen LogP contribution is 2.20. The molecule has 4 heteroatoms. The summed E-state index contributed by atoms with van der Waals surface area (Å²) in [5.41, 5.74) is 2.40. The van der Waals surface area contributed by atoms with Crippen molar-refractivity contribution in [1.82, 2.24) is 15.1 Å². The molecule has 1 unspecified atom stereocenters. The summed E-state index contributed by atoms with van der Waals surface area (Å²) in [7, 11) is 1.96. The van der Waals surface area contributed by atoms with Gasteiger partial charge in [0.1, 0.15) is 0 Å². The number of aromatic nitrogens is 2. The molecule has 4 nitrogen and oxygen atoms in total. The largest absolute Gasteiger partial charge is 0.379 e. The Kier molecular flexibility index (Phi) is 3.38. The van der Waals surface area contributed by atoms with Gasteiger partial charge in [-0.25, -0.2) is 0 Å². The number of hydrogen-bond acceptors (Lipinski definition) is 3. The molecule has 0 saturated carbocycles. The molecular weight excluding hydrogens is 190 g/mol. The Balaban J connectivity index is 2.10. The zero-order valence-electron chi connectivity index (χ0n) is 9.49. The molecule has 1 aliphatic rings. The van der Waals surface area contributed by atoms with Gasteiger partial charge in [0.2, 0.25) is 0 Å². The van der Waals surface area contributed by atoms with Crippen molar-refractivity contribution in [2.45, 2.75) is 32.4 Å². The predicted octanol–water partition coefficient (Wildman–Crippen LogP) is 1.26. The highest BCUT2D eigenvalue weighted by molar-refractivity contribution is 5.15. The second kappa shape index (κ2) is 4.77. The molecule has 1 aromatic heterocycles. The van der Waals surface area contributed by atoms with Gasteiger partial charge in [-0.15, -0.1) is 0 Å². The first kappa shape index (κ1) is 10.6. The van der Waals surface area contributed by atoms with Crippen molar-refractivity contribution in [2.75, 3.05) is 20.3 Å². The molecule has 1 fully saturated rings. The molecule has 1 N–H and O–H groups in total. The first-order valence-corrected chi connectivity index (χ1v) is 5.58. The van der Waals surface area contributed by atoms with Crippen LogP contribution in [-0.4, -0.2) is 30.0 Å². The van der Waals surface area contributed by atoms with E-state index in [1.165, 1.54) is 12.0 Å². The normalized spacial score (nSPS) is 21.9. The Morgan fingerprint density at radius 1 is 1.67 bits per heavy atom. The van der Waals surface area contributed by atoms with E-state index in [0.29, 0.717) is 6.04 Å². The third-order valence-electron chi connectivity index (χ3n) is 2.90. The number of ether oxygens (including phenoxy) is 1. The third kappa shape index (κ3) is 2.38. The summed E-state index contributed by atoms with van der Waals surface area (Å²) in [6.07, 6.45) is 4.47. The smallest absolute Gasteiger partial charge is 0.0753 e. The van der Waals surface area contributed by atoms with Crippen LogP contribution in [0.25, 0.3) is 0 Å². The lowest BCUT2D eigenvalue weighted by Crippen LogP contribution is -2.21. The zero-order valence-corrected chi connectivity index (χ0v) is 9.49. The lowest BCUT2D eigenvalue weighted by molar-refractivity contribution is 0.0548. The van der Waals surface area contributed by atoms with Crippen molar-refractivity contribution in [3.8, 4) is 0 Å². The van der Waals surface area contributed by atoms with Gasteiger partial charge in [0, 0.05) is 24.9 Å². The fourth-order valence-electron chi connectivity index (χ4n) is 2.00. The summed E-state index contributed by atoms with van der Waals surface area (Å²) >= 11 is 0. The van der Waals surface area contributed by atoms with Crippen molar-refractivity contribution in [2.24, 2.45) is 0 Å². The summed E-state index contributed by atoms with van der Waals surface area (Å²) in [4.78, 5) is 0. The highest BCUT2D eigenvalue weighted by atomic mass is 16.5. The van der Waals surface area contributed by atoms with E-state index in [-0.39, 0.29) is 0 Å². The van der Waals surface area contributed by atoms with Gasteiger partial charge in [-0.3, -0.25) is 4.68 Å². The standard InChI is InChI=1S/C11H19N3O/c1-9-10(6-12-2)7-14(13-9)11-4-3-5-15-8-11/h7,11-12H,3-6,8H2,1-2H3. The van der Waals surface area contributed by atoms with Crippen LogP contribution in [0.3, 0.4) is 0 Å². The van der Waals surface area contributed by atoms with Crippen LogP contribution in [0.2, 0.25) is 0 Å². The van der Waals surface area contributed by atoms with Gasteiger partial charge in [-0.1, -0.05) is 0 Å². The van der Waals surface area contributed by atoms with Crippen LogP contribution in [0.1, 0.15) is 30.1 Å². The molecule has 0 aliphatic carbocycles. The second-order valence-electron chi connectivity index (χ2n) is 4.12. The average Bonchev–Trinajstić information content (AvgIpc) is 2.63. The monoisotopic (exact) mass is 209 g/mol. The van der Waals surface area contributed by atoms with E-state index < -0.39 is 0 Å². The maximum Gasteiger partial charge on any atom is 0.0753 e. The molecule has 2 heterocycles. The summed E-state index contributed by atoms with van der Waals surface area (Å²) < 4.78 is 7.54. The zero-order chi connectivity index (χ0) is 10.7. The number of rotatable bonds is 3. The summed E-state index contributed by atoms with van der Waals surface area (Å²) in [6, 6.07) is 0.433. The van der Waals surface area contributed by atoms with Crippen LogP contribution in [0, 0.1) is 6.92 Å². The van der Waals surface area contributed by atoms with Crippen LogP contribution in [0.5, 0.6) is 0 Å². The lowest BCUT2D eigenvalue weighted by atomic mass is 10.1. The van der Waals surface area contributed by atoms with Gasteiger partial charge < -0.3 is 10.1 Å². The molecule has 84 valence electrons. The van der Waals surface area contributed by atoms with Crippen LogP contribution in [0.4, 0.5) is 0 Å². The predicted molar refractivity (Wildman–Crippen MR) is 58.8 cm³/mol. The maximum atomic E-state index is 5.47. The Labute approximate surface area is 90.6 Å². The summed E-state index contributed by atoms with van der Waals surface area (Å²) in [5, 5.41) is 7.71. The Morgan fingerprint density at radius 2 is 2.53 bits per heavy atom. The van der Waals surface area contributed by atoms with E-state index in [9.17, 15) is 0 Å². The fraction of sp³-hybridized carbons (Fsp3) is 0.727. The van der Waals surface area contributed by atoms with E-state index >= 15 is 0 Å². The molecular formula is C11H19N3O. The molecule has 1 atom stereocenters. The number of aryl methyl sites for hydroxylation is 1. The maximum absolute atomic E-state index is 5.47. The lowest BCUT2D eigenvalue weighted by Gasteiger charge is -2.22. The van der Waals surface area contributed by atoms with E-state index in [1.807, 2.05) is 7.05 Å². The summed E-state index contributed by atoms with van der Waals surface area (Å²) in [6.45, 7) is 4.66. The minimum absolute atomic E-state index is 0.433. The minimum Gasteiger partial charge on any atom is -0.379 e. The Bertz CT molecular complexity index is 316. The molecule has 15 heavy (non-hydrogen) atoms. The van der Waals surface area contributed by atoms with E-state index in [0.717, 1.165) is 31.9 Å². The molecule has 0 bridgehead atoms. The van der Waals surface area contributed by atoms with Crippen LogP contribution >= 0.6 is 0 Å². The van der Waals surface area contributed by atoms with Crippen molar-refractivity contribution < 1.29 is 4.74 Å². The van der Waals surface area contributed by atoms with Crippen molar-refractivity contribution in [1.29, 1.82) is 0 Å². The second-order valence-corrected chi connectivity index (χ2v) is 4.12. The fourth-order valence-corrected chi connectivity index (χ4v) is 2.00. The molecule has 1 aliphatic heterocycles. The van der Waals surface area contributed by atoms with Crippen LogP contribution < -0.4 is 5.32 Å². The van der Waals surface area contributed by atoms with Gasteiger partial charge in [-0.05, 0) is 26.8 Å². The topological polar surface area (TPSA) is 39.1 Å². The number of hydrogen-bond donors (Lipinski definition) is 1. The van der Waals surface area contributed by atoms with Crippen molar-refractivity contribution in [3.63, 3.8) is 0 Å². The van der Waals surface area contributed by atoms with Gasteiger partial charge in [-0.2, -0.15) is 5.10 Å². The van der Waals surface area contributed by atoms with Crippen molar-refractivity contribution in [3.05, 3.63) is 17.5 Å². The molecule has 1 aromatic rings. The Hall–Kier alpha value is -0.870. The first-order valence-electron chi connectivity index (χ1n) is 5.58. The first-order chi connectivity index (χ1) is 7.31. The molecule has 0 spiro atoms. The quantitative estimate of drug-likeness (QED) is 0.814. The number of nitrogens with one attached hydrogen (secondary N) is 1. The van der Waals surface area contributed by atoms with Gasteiger partial charge in [0.25, 0.3) is 0 Å². The molecule has 2 rings (SSSR count). The average molecular weight is 209 g/mol. The Morgan fingerprint density at radius 3 is 3.20 bits per heavy atom. The third-order valence-corrected chi connectivity index (χ3v) is 2.90. The highest BCUT2D eigenvalue weighted by Gasteiger charge is 2.17. The van der Waals surface area contributed by atoms with E-state index in [1.54, 1.807) is 0 Å². The number of nitrogens with zero attached hydrogens (tertiary/aromatic N) is 2. The van der Waals surface area contributed by atoms with E-state index in [4.69, 9.17) is 4.74 Å². The van der Waals surface area contributed by atoms with E-state index in [2.05, 4.69) is 28.2 Å². The molecule has 1 saturated heterocycles. The summed E-state index contributed by atoms with van der Waals surface area (Å²) in [5.74, 6) is 0. The molecule has 0 amide bonds. The SMILES string of the molecule is CNCc1cn(C2CCCOC2)nc1C. The van der Waals surface area contributed by atoms with Gasteiger partial charge in [0.05, 0.1) is 18.3 Å².